The second-order valence-corrected chi connectivity index (χ2v) is 11.9. The first-order chi connectivity index (χ1) is 17.7. The molecule has 0 aliphatic carbocycles. The Hall–Kier alpha value is -0.330. The van der Waals surface area contributed by atoms with Crippen molar-refractivity contribution in [2.45, 2.75) is 173 Å². The lowest BCUT2D eigenvalue weighted by atomic mass is 10.0. The fraction of sp³-hybridized carbons (Fsp3) is 0.933. The molecule has 0 heterocycles. The molecule has 0 rings (SSSR count). The maximum atomic E-state index is 10.9. The Morgan fingerprint density at radius 3 is 1.00 bits per heavy atom. The molecule has 0 aromatic heterocycles. The van der Waals surface area contributed by atoms with E-state index in [2.05, 4.69) is 17.9 Å². The van der Waals surface area contributed by atoms with E-state index in [9.17, 15) is 4.79 Å². The van der Waals surface area contributed by atoms with Crippen molar-refractivity contribution >= 4 is 35.1 Å². The summed E-state index contributed by atoms with van der Waals surface area (Å²) in [6.45, 7) is 0.976. The number of rotatable bonds is 29. The van der Waals surface area contributed by atoms with Gasteiger partial charge in [0.15, 0.2) is 0 Å². The van der Waals surface area contributed by atoms with E-state index >= 15 is 0 Å². The minimum atomic E-state index is -0.259. The van der Waals surface area contributed by atoms with Crippen LogP contribution in [0.5, 0.6) is 0 Å². The smallest absolute Gasteiger partial charge is 0.243 e. The first-order valence-electron chi connectivity index (χ1n) is 15.6. The van der Waals surface area contributed by atoms with E-state index in [-0.39, 0.29) is 5.91 Å². The highest BCUT2D eigenvalue weighted by molar-refractivity contribution is 8.11. The summed E-state index contributed by atoms with van der Waals surface area (Å²) in [4.78, 5) is 10.9. The van der Waals surface area contributed by atoms with Gasteiger partial charge in [-0.1, -0.05) is 166 Å². The van der Waals surface area contributed by atoms with Crippen molar-refractivity contribution in [2.75, 3.05) is 6.54 Å². The van der Waals surface area contributed by atoms with Crippen LogP contribution in [0.1, 0.15) is 173 Å². The summed E-state index contributed by atoms with van der Waals surface area (Å²) in [6.07, 6.45) is 35.8. The van der Waals surface area contributed by atoms with Crippen LogP contribution >= 0.6 is 24.8 Å². The van der Waals surface area contributed by atoms with E-state index in [1.54, 1.807) is 5.48 Å². The van der Waals surface area contributed by atoms with Gasteiger partial charge < -0.3 is 5.32 Å². The summed E-state index contributed by atoms with van der Waals surface area (Å²) >= 11 is 8.96. The number of hydrogen-bond donors (Lipinski definition) is 4. The Kier molecular flexibility index (Phi) is 30.6. The zero-order valence-corrected chi connectivity index (χ0v) is 25.2. The molecule has 0 fully saturated rings. The van der Waals surface area contributed by atoms with Crippen LogP contribution in [0, 0.1) is 0 Å². The zero-order valence-electron chi connectivity index (χ0n) is 23.5. The lowest BCUT2D eigenvalue weighted by Crippen LogP contribution is -2.17. The fourth-order valence-electron chi connectivity index (χ4n) is 4.90. The van der Waals surface area contributed by atoms with E-state index in [4.69, 9.17) is 17.4 Å². The Labute approximate surface area is 235 Å². The SMILES string of the molecule is O=C(CCCCCCCCCCCCCCCCCCCCCCCCCCCCNC(=S)S)NO. The highest BCUT2D eigenvalue weighted by Gasteiger charge is 1.99. The van der Waals surface area contributed by atoms with Crippen molar-refractivity contribution in [3.63, 3.8) is 0 Å². The van der Waals surface area contributed by atoms with Crippen molar-refractivity contribution in [1.29, 1.82) is 0 Å². The molecule has 6 heteroatoms. The number of thiocarbonyl (C=S) groups is 1. The third-order valence-electron chi connectivity index (χ3n) is 7.23. The second kappa shape index (κ2) is 30.9. The molecule has 0 aliphatic heterocycles. The van der Waals surface area contributed by atoms with Crippen LogP contribution in [0.2, 0.25) is 0 Å². The number of hydrogen-bond acceptors (Lipinski definition) is 3. The van der Waals surface area contributed by atoms with Gasteiger partial charge in [-0.05, 0) is 12.8 Å². The van der Waals surface area contributed by atoms with Gasteiger partial charge in [0.25, 0.3) is 0 Å². The van der Waals surface area contributed by atoms with Gasteiger partial charge in [-0.25, -0.2) is 5.48 Å². The molecule has 0 saturated carbocycles. The zero-order chi connectivity index (χ0) is 26.4. The molecule has 0 unspecified atom stereocenters. The average Bonchev–Trinajstić information content (AvgIpc) is 2.87. The first kappa shape index (κ1) is 35.7. The summed E-state index contributed by atoms with van der Waals surface area (Å²) in [7, 11) is 0. The van der Waals surface area contributed by atoms with Crippen LogP contribution in [-0.4, -0.2) is 22.0 Å². The van der Waals surface area contributed by atoms with Crippen molar-refractivity contribution in [3.05, 3.63) is 0 Å². The van der Waals surface area contributed by atoms with Crippen LogP contribution < -0.4 is 10.8 Å². The van der Waals surface area contributed by atoms with Crippen LogP contribution in [0.15, 0.2) is 0 Å². The molecule has 4 nitrogen and oxygen atoms in total. The standard InChI is InChI=1S/C30H60N2O2S2/c33-29(32-34)27-25-23-21-19-17-15-13-11-9-7-5-3-1-2-4-6-8-10-12-14-16-18-20-22-24-26-28-31-30(35)36/h34H,1-28H2,(H,32,33)(H2,31,35,36). The predicted octanol–water partition coefficient (Wildman–Crippen LogP) is 9.83. The Morgan fingerprint density at radius 2 is 0.750 bits per heavy atom. The van der Waals surface area contributed by atoms with Gasteiger partial charge >= 0.3 is 0 Å². The molecule has 0 aromatic rings. The number of hydroxylamine groups is 1. The van der Waals surface area contributed by atoms with Gasteiger partial charge in [0.1, 0.15) is 4.32 Å². The number of thiol groups is 1. The fourth-order valence-corrected chi connectivity index (χ4v) is 5.12. The summed E-state index contributed by atoms with van der Waals surface area (Å²) in [6, 6.07) is 0. The molecule has 0 bridgehead atoms. The number of nitrogens with one attached hydrogen (secondary N) is 2. The van der Waals surface area contributed by atoms with Crippen LogP contribution in [0.4, 0.5) is 0 Å². The number of unbranched alkanes of at least 4 members (excludes halogenated alkanes) is 25. The van der Waals surface area contributed by atoms with E-state index < -0.39 is 0 Å². The molecule has 0 radical (unpaired) electrons. The summed E-state index contributed by atoms with van der Waals surface area (Å²) in [5.74, 6) is -0.259. The van der Waals surface area contributed by atoms with Crippen molar-refractivity contribution < 1.29 is 10.0 Å². The quantitative estimate of drug-likeness (QED) is 0.0249. The van der Waals surface area contributed by atoms with E-state index in [1.165, 1.54) is 154 Å². The van der Waals surface area contributed by atoms with Gasteiger partial charge in [0, 0.05) is 13.0 Å². The Balaban J connectivity index is 3.04. The maximum Gasteiger partial charge on any atom is 0.243 e. The largest absolute Gasteiger partial charge is 0.371 e. The molecule has 0 atom stereocenters. The topological polar surface area (TPSA) is 61.4 Å². The Morgan fingerprint density at radius 1 is 0.500 bits per heavy atom. The van der Waals surface area contributed by atoms with Gasteiger partial charge in [0.05, 0.1) is 0 Å². The Bertz CT molecular complexity index is 478. The first-order valence-corrected chi connectivity index (χ1v) is 16.4. The molecular weight excluding hydrogens is 484 g/mol. The molecular formula is C30H60N2O2S2. The van der Waals surface area contributed by atoms with Gasteiger partial charge in [-0.3, -0.25) is 10.0 Å². The third kappa shape index (κ3) is 31.7. The predicted molar refractivity (Wildman–Crippen MR) is 164 cm³/mol. The molecule has 0 aromatic carbocycles. The van der Waals surface area contributed by atoms with E-state index in [1.807, 2.05) is 0 Å². The monoisotopic (exact) mass is 544 g/mol. The molecule has 1 amide bonds. The molecule has 0 spiro atoms. The minimum Gasteiger partial charge on any atom is -0.371 e. The van der Waals surface area contributed by atoms with Crippen molar-refractivity contribution in [1.82, 2.24) is 10.8 Å². The lowest BCUT2D eigenvalue weighted by molar-refractivity contribution is -0.129. The van der Waals surface area contributed by atoms with Crippen LogP contribution in [0.3, 0.4) is 0 Å². The number of carbonyl (C=O) groups excluding carboxylic acids is 1. The third-order valence-corrected chi connectivity index (χ3v) is 7.53. The molecule has 0 aliphatic rings. The maximum absolute atomic E-state index is 10.9. The lowest BCUT2D eigenvalue weighted by Gasteiger charge is -2.05. The highest BCUT2D eigenvalue weighted by Crippen LogP contribution is 2.16. The normalized spacial score (nSPS) is 11.1. The van der Waals surface area contributed by atoms with Crippen molar-refractivity contribution in [2.24, 2.45) is 0 Å². The average molecular weight is 545 g/mol. The van der Waals surface area contributed by atoms with Crippen LogP contribution in [0.25, 0.3) is 0 Å². The van der Waals surface area contributed by atoms with Gasteiger partial charge in [0.2, 0.25) is 5.91 Å². The van der Waals surface area contributed by atoms with Gasteiger partial charge in [-0.15, -0.1) is 12.6 Å². The molecule has 3 N–H and O–H groups in total. The van der Waals surface area contributed by atoms with Crippen molar-refractivity contribution in [3.8, 4) is 0 Å². The van der Waals surface area contributed by atoms with Gasteiger partial charge in [-0.2, -0.15) is 0 Å². The summed E-state index contributed by atoms with van der Waals surface area (Å²) < 4.78 is 0.620. The molecule has 0 saturated heterocycles. The number of amides is 1. The molecule has 214 valence electrons. The number of carbonyl (C=O) groups is 1. The molecule has 36 heavy (non-hydrogen) atoms. The highest BCUT2D eigenvalue weighted by atomic mass is 32.1. The summed E-state index contributed by atoms with van der Waals surface area (Å²) in [5.41, 5.74) is 1.69. The second-order valence-electron chi connectivity index (χ2n) is 10.7. The van der Waals surface area contributed by atoms with Crippen LogP contribution in [-0.2, 0) is 4.79 Å². The van der Waals surface area contributed by atoms with E-state index in [0.29, 0.717) is 10.7 Å². The minimum absolute atomic E-state index is 0.259. The summed E-state index contributed by atoms with van der Waals surface area (Å²) in [5, 5.41) is 11.5. The van der Waals surface area contributed by atoms with E-state index in [0.717, 1.165) is 19.4 Å².